The van der Waals surface area contributed by atoms with Crippen LogP contribution in [0.4, 0.5) is 10.6 Å². The van der Waals surface area contributed by atoms with Crippen LogP contribution in [-0.2, 0) is 11.3 Å². The van der Waals surface area contributed by atoms with Gasteiger partial charge in [0.2, 0.25) is 0 Å². The normalized spacial score (nSPS) is 19.0. The van der Waals surface area contributed by atoms with Gasteiger partial charge in [-0.2, -0.15) is 0 Å². The van der Waals surface area contributed by atoms with Gasteiger partial charge in [0, 0.05) is 32.4 Å². The number of anilines is 1. The third-order valence-corrected chi connectivity index (χ3v) is 5.80. The molecular weight excluding hydrogens is 354 g/mol. The number of aryl methyl sites for hydroxylation is 1. The molecule has 0 radical (unpaired) electrons. The van der Waals surface area contributed by atoms with Gasteiger partial charge >= 0.3 is 6.03 Å². The number of imide groups is 1. The third kappa shape index (κ3) is 3.00. The van der Waals surface area contributed by atoms with Gasteiger partial charge in [0.1, 0.15) is 17.2 Å². The van der Waals surface area contributed by atoms with E-state index in [1.54, 1.807) is 11.1 Å². The molecule has 2 aliphatic heterocycles. The highest BCUT2D eigenvalue weighted by molar-refractivity contribution is 6.07. The van der Waals surface area contributed by atoms with Crippen molar-refractivity contribution in [3.63, 3.8) is 0 Å². The van der Waals surface area contributed by atoms with Crippen LogP contribution in [-0.4, -0.2) is 56.9 Å². The van der Waals surface area contributed by atoms with E-state index >= 15 is 0 Å². The molecular formula is C21H25N5O2. The first-order chi connectivity index (χ1) is 13.5. The smallest absolute Gasteiger partial charge is 0.327 e. The Bertz CT molecular complexity index is 877. The number of rotatable bonds is 4. The number of piperidine rings is 1. The summed E-state index contributed by atoms with van der Waals surface area (Å²) in [7, 11) is 0. The summed E-state index contributed by atoms with van der Waals surface area (Å²) in [5.41, 5.74) is 0.274. The molecule has 3 amide bonds. The van der Waals surface area contributed by atoms with Gasteiger partial charge in [-0.3, -0.25) is 9.69 Å². The minimum absolute atomic E-state index is 0.0607. The zero-order valence-corrected chi connectivity index (χ0v) is 16.3. The first-order valence-corrected chi connectivity index (χ1v) is 9.77. The fourth-order valence-corrected chi connectivity index (χ4v) is 4.26. The first-order valence-electron chi connectivity index (χ1n) is 9.77. The summed E-state index contributed by atoms with van der Waals surface area (Å²) in [5.74, 6) is 1.54. The Morgan fingerprint density at radius 3 is 2.43 bits per heavy atom. The van der Waals surface area contributed by atoms with Crippen molar-refractivity contribution in [2.24, 2.45) is 0 Å². The third-order valence-electron chi connectivity index (χ3n) is 5.80. The number of hydrogen-bond acceptors (Lipinski definition) is 5. The molecule has 7 nitrogen and oxygen atoms in total. The number of urea groups is 1. The Hall–Kier alpha value is -2.96. The van der Waals surface area contributed by atoms with Crippen molar-refractivity contribution in [2.45, 2.75) is 38.8 Å². The zero-order chi connectivity index (χ0) is 19.7. The monoisotopic (exact) mass is 379 g/mol. The first kappa shape index (κ1) is 18.4. The lowest BCUT2D eigenvalue weighted by Crippen LogP contribution is -2.56. The van der Waals surface area contributed by atoms with Crippen LogP contribution in [0.5, 0.6) is 0 Å². The molecule has 28 heavy (non-hydrogen) atoms. The van der Waals surface area contributed by atoms with Gasteiger partial charge in [0.25, 0.3) is 5.91 Å². The van der Waals surface area contributed by atoms with Crippen molar-refractivity contribution >= 4 is 17.8 Å². The van der Waals surface area contributed by atoms with Gasteiger partial charge in [-0.15, -0.1) is 0 Å². The maximum atomic E-state index is 13.2. The fourth-order valence-electron chi connectivity index (χ4n) is 4.26. The van der Waals surface area contributed by atoms with Gasteiger partial charge in [-0.1, -0.05) is 30.3 Å². The van der Waals surface area contributed by atoms with Gasteiger partial charge in [0.15, 0.2) is 0 Å². The standard InChI is InChI=1S/C21H25N5O2/c1-3-25-19(27)21(26(20(25)28)15-17-7-5-4-6-8-17)10-13-24(14-11-21)18-9-12-22-16(2)23-18/h4-9,12H,3,10-11,13-15H2,1-2H3. The minimum atomic E-state index is -0.762. The van der Waals surface area contributed by atoms with Crippen LogP contribution in [0.3, 0.4) is 0 Å². The van der Waals surface area contributed by atoms with Crippen LogP contribution in [0.1, 0.15) is 31.2 Å². The van der Waals surface area contributed by atoms with Gasteiger partial charge in [-0.25, -0.2) is 14.8 Å². The predicted molar refractivity (Wildman–Crippen MR) is 106 cm³/mol. The van der Waals surface area contributed by atoms with Crippen molar-refractivity contribution in [3.05, 3.63) is 54.0 Å². The molecule has 7 heteroatoms. The van der Waals surface area contributed by atoms with E-state index in [4.69, 9.17) is 0 Å². The van der Waals surface area contributed by atoms with E-state index in [0.717, 1.165) is 17.2 Å². The molecule has 2 aromatic rings. The topological polar surface area (TPSA) is 69.6 Å². The van der Waals surface area contributed by atoms with Crippen LogP contribution in [0.15, 0.2) is 42.6 Å². The molecule has 0 atom stereocenters. The second kappa shape index (κ2) is 7.22. The number of benzene rings is 1. The average molecular weight is 379 g/mol. The molecule has 146 valence electrons. The largest absolute Gasteiger partial charge is 0.356 e. The number of nitrogens with zero attached hydrogens (tertiary/aromatic N) is 5. The molecule has 1 aromatic carbocycles. The highest BCUT2D eigenvalue weighted by Crippen LogP contribution is 2.39. The van der Waals surface area contributed by atoms with Crippen LogP contribution in [0, 0.1) is 6.92 Å². The van der Waals surface area contributed by atoms with Crippen LogP contribution in [0.2, 0.25) is 0 Å². The minimum Gasteiger partial charge on any atom is -0.356 e. The van der Waals surface area contributed by atoms with E-state index < -0.39 is 5.54 Å². The molecule has 4 rings (SSSR count). The Kier molecular flexibility index (Phi) is 4.75. The summed E-state index contributed by atoms with van der Waals surface area (Å²) in [6.07, 6.45) is 2.96. The quantitative estimate of drug-likeness (QED) is 0.764. The average Bonchev–Trinajstić information content (AvgIpc) is 2.90. The lowest BCUT2D eigenvalue weighted by molar-refractivity contribution is -0.134. The van der Waals surface area contributed by atoms with E-state index in [1.165, 1.54) is 4.90 Å². The van der Waals surface area contributed by atoms with Crippen molar-refractivity contribution in [3.8, 4) is 0 Å². The Labute approximate surface area is 165 Å². The van der Waals surface area contributed by atoms with Crippen molar-refractivity contribution in [2.75, 3.05) is 24.5 Å². The van der Waals surface area contributed by atoms with Crippen molar-refractivity contribution < 1.29 is 9.59 Å². The summed E-state index contributed by atoms with van der Waals surface area (Å²) in [4.78, 5) is 40.3. The molecule has 0 aliphatic carbocycles. The second-order valence-electron chi connectivity index (χ2n) is 7.38. The number of carbonyl (C=O) groups excluding carboxylic acids is 2. The molecule has 2 aliphatic rings. The molecule has 2 fully saturated rings. The molecule has 0 saturated carbocycles. The highest BCUT2D eigenvalue weighted by atomic mass is 16.2. The predicted octanol–water partition coefficient (Wildman–Crippen LogP) is 2.61. The highest BCUT2D eigenvalue weighted by Gasteiger charge is 2.57. The van der Waals surface area contributed by atoms with E-state index in [0.29, 0.717) is 39.0 Å². The Morgan fingerprint density at radius 1 is 1.07 bits per heavy atom. The molecule has 0 unspecified atom stereocenters. The molecule has 1 aromatic heterocycles. The van der Waals surface area contributed by atoms with Crippen LogP contribution >= 0.6 is 0 Å². The number of amides is 3. The van der Waals surface area contributed by atoms with E-state index in [2.05, 4.69) is 14.9 Å². The summed E-state index contributed by atoms with van der Waals surface area (Å²) in [6.45, 7) is 5.94. The van der Waals surface area contributed by atoms with Crippen LogP contribution < -0.4 is 4.90 Å². The molecule has 0 bridgehead atoms. The summed E-state index contributed by atoms with van der Waals surface area (Å²) in [5, 5.41) is 0. The summed E-state index contributed by atoms with van der Waals surface area (Å²) >= 11 is 0. The van der Waals surface area contributed by atoms with E-state index in [-0.39, 0.29) is 11.9 Å². The van der Waals surface area contributed by atoms with E-state index in [9.17, 15) is 9.59 Å². The van der Waals surface area contributed by atoms with Crippen LogP contribution in [0.25, 0.3) is 0 Å². The number of aromatic nitrogens is 2. The number of hydrogen-bond donors (Lipinski definition) is 0. The van der Waals surface area contributed by atoms with Gasteiger partial charge in [-0.05, 0) is 38.3 Å². The van der Waals surface area contributed by atoms with Crippen molar-refractivity contribution in [1.82, 2.24) is 19.8 Å². The number of carbonyl (C=O) groups is 2. The van der Waals surface area contributed by atoms with Gasteiger partial charge < -0.3 is 9.80 Å². The lowest BCUT2D eigenvalue weighted by Gasteiger charge is -2.42. The fraction of sp³-hybridized carbons (Fsp3) is 0.429. The van der Waals surface area contributed by atoms with Gasteiger partial charge in [0.05, 0.1) is 0 Å². The molecule has 1 spiro atoms. The Morgan fingerprint density at radius 2 is 1.79 bits per heavy atom. The lowest BCUT2D eigenvalue weighted by atomic mass is 9.85. The second-order valence-corrected chi connectivity index (χ2v) is 7.38. The maximum Gasteiger partial charge on any atom is 0.327 e. The SMILES string of the molecule is CCN1C(=O)N(Cc2ccccc2)C2(CCN(c3ccnc(C)n3)CC2)C1=O. The van der Waals surface area contributed by atoms with E-state index in [1.807, 2.05) is 50.2 Å². The molecule has 2 saturated heterocycles. The summed E-state index contributed by atoms with van der Waals surface area (Å²) < 4.78 is 0. The maximum absolute atomic E-state index is 13.2. The summed E-state index contributed by atoms with van der Waals surface area (Å²) in [6, 6.07) is 11.6. The Balaban J connectivity index is 1.60. The van der Waals surface area contributed by atoms with Crippen molar-refractivity contribution in [1.29, 1.82) is 0 Å². The molecule has 3 heterocycles. The molecule has 0 N–H and O–H groups in total. The number of likely N-dealkylation sites (N-methyl/N-ethyl adjacent to an activating group) is 1. The zero-order valence-electron chi connectivity index (χ0n) is 16.3.